The van der Waals surface area contributed by atoms with Gasteiger partial charge in [0.2, 0.25) is 11.8 Å². The third-order valence-electron chi connectivity index (χ3n) is 5.85. The van der Waals surface area contributed by atoms with Crippen LogP contribution in [-0.2, 0) is 16.0 Å². The Morgan fingerprint density at radius 1 is 1.08 bits per heavy atom. The molecule has 134 valence electrons. The van der Waals surface area contributed by atoms with Gasteiger partial charge >= 0.3 is 0 Å². The summed E-state index contributed by atoms with van der Waals surface area (Å²) in [5, 5.41) is 0. The third kappa shape index (κ3) is 3.37. The topological polar surface area (TPSA) is 49.9 Å². The second-order valence-corrected chi connectivity index (χ2v) is 7.43. The summed E-state index contributed by atoms with van der Waals surface area (Å²) in [7, 11) is 0. The van der Waals surface area contributed by atoms with Crippen molar-refractivity contribution in [3.05, 3.63) is 29.8 Å². The van der Waals surface area contributed by atoms with Gasteiger partial charge < -0.3 is 14.5 Å². The Kier molecular flexibility index (Phi) is 4.64. The maximum atomic E-state index is 13.0. The fourth-order valence-corrected chi connectivity index (χ4v) is 4.44. The summed E-state index contributed by atoms with van der Waals surface area (Å²) >= 11 is 0. The number of rotatable bonds is 2. The summed E-state index contributed by atoms with van der Waals surface area (Å²) in [6.07, 6.45) is 6.10. The second kappa shape index (κ2) is 7.06. The van der Waals surface area contributed by atoms with E-state index >= 15 is 0 Å². The minimum absolute atomic E-state index is 0.0884. The van der Waals surface area contributed by atoms with Crippen LogP contribution in [0.15, 0.2) is 24.3 Å². The van der Waals surface area contributed by atoms with Crippen LogP contribution in [0.1, 0.15) is 37.7 Å². The molecule has 1 aromatic rings. The van der Waals surface area contributed by atoms with Crippen molar-refractivity contribution < 1.29 is 14.3 Å². The fourth-order valence-electron chi connectivity index (χ4n) is 4.44. The van der Waals surface area contributed by atoms with Gasteiger partial charge in [-0.05, 0) is 37.3 Å². The molecule has 3 aliphatic rings. The van der Waals surface area contributed by atoms with E-state index in [1.807, 2.05) is 29.2 Å². The summed E-state index contributed by atoms with van der Waals surface area (Å²) in [5.41, 5.74) is 1.09. The Morgan fingerprint density at radius 3 is 2.68 bits per heavy atom. The lowest BCUT2D eigenvalue weighted by atomic mass is 9.95. The van der Waals surface area contributed by atoms with Gasteiger partial charge in [0, 0.05) is 25.0 Å². The number of ether oxygens (including phenoxy) is 1. The number of hydrogen-bond donors (Lipinski definition) is 0. The molecule has 4 rings (SSSR count). The maximum Gasteiger partial charge on any atom is 0.242 e. The SMILES string of the molecule is O=C([C@@H]1CCOc2ccccc2C1)N1CCN(C2CCCC2)C(=O)C1. The maximum absolute atomic E-state index is 13.0. The van der Waals surface area contributed by atoms with Crippen molar-refractivity contribution in [2.75, 3.05) is 26.2 Å². The van der Waals surface area contributed by atoms with Crippen LogP contribution >= 0.6 is 0 Å². The first-order valence-corrected chi connectivity index (χ1v) is 9.51. The van der Waals surface area contributed by atoms with Gasteiger partial charge in [0.25, 0.3) is 0 Å². The molecule has 2 amide bonds. The van der Waals surface area contributed by atoms with E-state index in [9.17, 15) is 9.59 Å². The quantitative estimate of drug-likeness (QED) is 0.828. The van der Waals surface area contributed by atoms with E-state index in [-0.39, 0.29) is 24.3 Å². The summed E-state index contributed by atoms with van der Waals surface area (Å²) in [6.45, 7) is 2.16. The molecule has 1 aliphatic carbocycles. The Labute approximate surface area is 148 Å². The first-order valence-electron chi connectivity index (χ1n) is 9.51. The minimum atomic E-state index is -0.0884. The number of piperazine rings is 1. The molecule has 0 bridgehead atoms. The van der Waals surface area contributed by atoms with Gasteiger partial charge in [-0.2, -0.15) is 0 Å². The van der Waals surface area contributed by atoms with Gasteiger partial charge in [0.1, 0.15) is 5.75 Å². The molecule has 1 saturated heterocycles. The van der Waals surface area contributed by atoms with Crippen molar-refractivity contribution in [3.8, 4) is 5.75 Å². The van der Waals surface area contributed by atoms with Gasteiger partial charge in [-0.15, -0.1) is 0 Å². The van der Waals surface area contributed by atoms with Crippen LogP contribution in [0, 0.1) is 5.92 Å². The number of amides is 2. The van der Waals surface area contributed by atoms with E-state index in [0.717, 1.165) is 24.2 Å². The van der Waals surface area contributed by atoms with E-state index < -0.39 is 0 Å². The highest BCUT2D eigenvalue weighted by Crippen LogP contribution is 2.29. The van der Waals surface area contributed by atoms with Gasteiger partial charge in [-0.25, -0.2) is 0 Å². The molecule has 1 aromatic carbocycles. The Balaban J connectivity index is 1.41. The molecular formula is C20H26N2O3. The summed E-state index contributed by atoms with van der Waals surface area (Å²) < 4.78 is 5.78. The van der Waals surface area contributed by atoms with Crippen LogP contribution in [0.2, 0.25) is 0 Å². The first kappa shape index (κ1) is 16.4. The lowest BCUT2D eigenvalue weighted by Crippen LogP contribution is -2.56. The van der Waals surface area contributed by atoms with Crippen LogP contribution < -0.4 is 4.74 Å². The van der Waals surface area contributed by atoms with Crippen molar-refractivity contribution >= 4 is 11.8 Å². The smallest absolute Gasteiger partial charge is 0.242 e. The Morgan fingerprint density at radius 2 is 1.88 bits per heavy atom. The van der Waals surface area contributed by atoms with Crippen molar-refractivity contribution in [1.82, 2.24) is 9.80 Å². The number of carbonyl (C=O) groups excluding carboxylic acids is 2. The fraction of sp³-hybridized carbons (Fsp3) is 0.600. The van der Waals surface area contributed by atoms with Gasteiger partial charge in [-0.3, -0.25) is 9.59 Å². The Hall–Kier alpha value is -2.04. The highest BCUT2D eigenvalue weighted by Gasteiger charge is 2.35. The lowest BCUT2D eigenvalue weighted by molar-refractivity contribution is -0.149. The van der Waals surface area contributed by atoms with Gasteiger partial charge in [0.05, 0.1) is 13.2 Å². The predicted octanol–water partition coefficient (Wildman–Crippen LogP) is 2.24. The van der Waals surface area contributed by atoms with Crippen molar-refractivity contribution in [2.45, 2.75) is 44.6 Å². The number of benzene rings is 1. The normalized spacial score (nSPS) is 24.6. The van der Waals surface area contributed by atoms with Crippen molar-refractivity contribution in [1.29, 1.82) is 0 Å². The highest BCUT2D eigenvalue weighted by atomic mass is 16.5. The zero-order valence-electron chi connectivity index (χ0n) is 14.7. The number of nitrogens with zero attached hydrogens (tertiary/aromatic N) is 2. The average Bonchev–Trinajstić information content (AvgIpc) is 3.07. The van der Waals surface area contributed by atoms with E-state index in [1.165, 1.54) is 12.8 Å². The lowest BCUT2D eigenvalue weighted by Gasteiger charge is -2.38. The molecule has 5 heteroatoms. The van der Waals surface area contributed by atoms with Crippen LogP contribution in [-0.4, -0.2) is 53.9 Å². The van der Waals surface area contributed by atoms with Crippen LogP contribution in [0.3, 0.4) is 0 Å². The molecule has 0 N–H and O–H groups in total. The van der Waals surface area contributed by atoms with Crippen molar-refractivity contribution in [3.63, 3.8) is 0 Å². The number of carbonyl (C=O) groups is 2. The standard InChI is InChI=1S/C20H26N2O3/c23-19-14-21(10-11-22(19)17-6-2-3-7-17)20(24)16-9-12-25-18-8-4-1-5-15(18)13-16/h1,4-5,8,16-17H,2-3,6-7,9-14H2/t16-/m1/s1. The molecule has 0 spiro atoms. The molecule has 1 atom stereocenters. The molecule has 0 aromatic heterocycles. The molecule has 0 unspecified atom stereocenters. The molecule has 0 radical (unpaired) electrons. The summed E-state index contributed by atoms with van der Waals surface area (Å²) in [5.74, 6) is 1.03. The largest absolute Gasteiger partial charge is 0.493 e. The third-order valence-corrected chi connectivity index (χ3v) is 5.85. The van der Waals surface area contributed by atoms with Crippen LogP contribution in [0.4, 0.5) is 0 Å². The Bertz CT molecular complexity index is 654. The number of hydrogen-bond acceptors (Lipinski definition) is 3. The van der Waals surface area contributed by atoms with Crippen molar-refractivity contribution in [2.24, 2.45) is 5.92 Å². The van der Waals surface area contributed by atoms with E-state index in [4.69, 9.17) is 4.74 Å². The van der Waals surface area contributed by atoms with E-state index in [0.29, 0.717) is 38.6 Å². The predicted molar refractivity (Wildman–Crippen MR) is 94.3 cm³/mol. The van der Waals surface area contributed by atoms with Gasteiger partial charge in [0.15, 0.2) is 0 Å². The summed E-state index contributed by atoms with van der Waals surface area (Å²) in [6, 6.07) is 8.35. The molecule has 2 heterocycles. The average molecular weight is 342 g/mol. The molecule has 2 fully saturated rings. The molecule has 5 nitrogen and oxygen atoms in total. The zero-order chi connectivity index (χ0) is 17.2. The van der Waals surface area contributed by atoms with E-state index in [2.05, 4.69) is 0 Å². The minimum Gasteiger partial charge on any atom is -0.493 e. The van der Waals surface area contributed by atoms with E-state index in [1.54, 1.807) is 4.90 Å². The second-order valence-electron chi connectivity index (χ2n) is 7.43. The van der Waals surface area contributed by atoms with Gasteiger partial charge in [-0.1, -0.05) is 31.0 Å². The van der Waals surface area contributed by atoms with Crippen LogP contribution in [0.5, 0.6) is 5.75 Å². The zero-order valence-corrected chi connectivity index (χ0v) is 14.7. The highest BCUT2D eigenvalue weighted by molar-refractivity contribution is 5.87. The molecule has 1 saturated carbocycles. The van der Waals surface area contributed by atoms with Crippen LogP contribution in [0.25, 0.3) is 0 Å². The number of para-hydroxylation sites is 1. The summed E-state index contributed by atoms with van der Waals surface area (Å²) in [4.78, 5) is 29.3. The molecule has 25 heavy (non-hydrogen) atoms. The number of fused-ring (bicyclic) bond motifs is 1. The first-order chi connectivity index (χ1) is 12.2. The molecular weight excluding hydrogens is 316 g/mol. The molecule has 2 aliphatic heterocycles. The monoisotopic (exact) mass is 342 g/mol.